The fourth-order valence-electron chi connectivity index (χ4n) is 5.12. The molecule has 8 nitrogen and oxygen atoms in total. The lowest BCUT2D eigenvalue weighted by molar-refractivity contribution is -0.139. The lowest BCUT2D eigenvalue weighted by Gasteiger charge is -2.31. The second-order valence-electron chi connectivity index (χ2n) is 10.5. The van der Waals surface area contributed by atoms with E-state index in [0.717, 1.165) is 12.8 Å². The van der Waals surface area contributed by atoms with E-state index in [0.29, 0.717) is 40.9 Å². The molecule has 1 aliphatic carbocycles. The highest BCUT2D eigenvalue weighted by molar-refractivity contribution is 6.20. The van der Waals surface area contributed by atoms with Crippen LogP contribution in [0.15, 0.2) is 53.5 Å². The maximum absolute atomic E-state index is 13.7. The minimum absolute atomic E-state index is 0.108. The molecule has 0 saturated heterocycles. The number of alkyl halides is 1. The molecule has 1 unspecified atom stereocenters. The van der Waals surface area contributed by atoms with Gasteiger partial charge in [-0.25, -0.2) is 9.38 Å². The molecule has 0 spiro atoms. The number of carbonyl (C=O) groups excluding carboxylic acids is 3. The topological polar surface area (TPSA) is 111 Å². The van der Waals surface area contributed by atoms with Crippen LogP contribution in [0.5, 0.6) is 0 Å². The Morgan fingerprint density at radius 1 is 1.13 bits per heavy atom. The van der Waals surface area contributed by atoms with Crippen molar-refractivity contribution < 1.29 is 23.9 Å². The van der Waals surface area contributed by atoms with Crippen LogP contribution in [0.4, 0.5) is 10.1 Å². The third-order valence-corrected chi connectivity index (χ3v) is 7.24. The Bertz CT molecular complexity index is 1220. The third kappa shape index (κ3) is 5.62. The SMILES string of the molecule is CC(C)C[C@H](O)C(=O)NC1(C(=O)NC2N=C(c3ccc(CF)cc3)c3ccccc3N(C)C2=O)CCCC1. The van der Waals surface area contributed by atoms with Crippen molar-refractivity contribution in [1.29, 1.82) is 0 Å². The van der Waals surface area contributed by atoms with Crippen LogP contribution in [0, 0.1) is 5.92 Å². The zero-order valence-corrected chi connectivity index (χ0v) is 22.0. The molecule has 3 amide bonds. The second-order valence-corrected chi connectivity index (χ2v) is 10.5. The van der Waals surface area contributed by atoms with Gasteiger partial charge in [-0.1, -0.05) is 69.2 Å². The Morgan fingerprint density at radius 3 is 2.42 bits per heavy atom. The van der Waals surface area contributed by atoms with Crippen LogP contribution in [-0.4, -0.2) is 53.4 Å². The number of carbonyl (C=O) groups is 3. The van der Waals surface area contributed by atoms with Crippen LogP contribution in [0.3, 0.4) is 0 Å². The summed E-state index contributed by atoms with van der Waals surface area (Å²) >= 11 is 0. The maximum atomic E-state index is 13.7. The van der Waals surface area contributed by atoms with Crippen LogP contribution < -0.4 is 15.5 Å². The quantitative estimate of drug-likeness (QED) is 0.494. The Labute approximate surface area is 222 Å². The van der Waals surface area contributed by atoms with E-state index in [1.54, 1.807) is 37.4 Å². The van der Waals surface area contributed by atoms with Crippen molar-refractivity contribution in [2.75, 3.05) is 11.9 Å². The zero-order chi connectivity index (χ0) is 27.4. The number of halogens is 1. The fraction of sp³-hybridized carbons (Fsp3) is 0.448. The highest BCUT2D eigenvalue weighted by atomic mass is 19.1. The Hall–Kier alpha value is -3.59. The van der Waals surface area contributed by atoms with E-state index in [-0.39, 0.29) is 12.3 Å². The number of hydrogen-bond donors (Lipinski definition) is 3. The van der Waals surface area contributed by atoms with Crippen molar-refractivity contribution >= 4 is 29.1 Å². The summed E-state index contributed by atoms with van der Waals surface area (Å²) in [6, 6.07) is 14.1. The van der Waals surface area contributed by atoms with Crippen molar-refractivity contribution in [1.82, 2.24) is 10.6 Å². The molecule has 3 N–H and O–H groups in total. The van der Waals surface area contributed by atoms with Gasteiger partial charge in [0.1, 0.15) is 18.3 Å². The summed E-state index contributed by atoms with van der Waals surface area (Å²) in [5, 5.41) is 15.9. The molecule has 2 aromatic carbocycles. The molecule has 38 heavy (non-hydrogen) atoms. The summed E-state index contributed by atoms with van der Waals surface area (Å²) in [6.07, 6.45) is 0.0700. The number of para-hydroxylation sites is 1. The average molecular weight is 523 g/mol. The minimum atomic E-state index is -1.24. The number of likely N-dealkylation sites (N-methyl/N-ethyl adjacent to an activating group) is 1. The van der Waals surface area contributed by atoms with E-state index in [9.17, 15) is 23.9 Å². The number of benzodiazepines with no additional fused rings is 1. The second kappa shape index (κ2) is 11.4. The van der Waals surface area contributed by atoms with Crippen molar-refractivity contribution in [3.05, 3.63) is 65.2 Å². The fourth-order valence-corrected chi connectivity index (χ4v) is 5.12. The van der Waals surface area contributed by atoms with E-state index in [4.69, 9.17) is 4.99 Å². The Balaban J connectivity index is 1.67. The molecule has 9 heteroatoms. The molecule has 1 aliphatic heterocycles. The van der Waals surface area contributed by atoms with Gasteiger partial charge in [-0.3, -0.25) is 14.4 Å². The van der Waals surface area contributed by atoms with Crippen molar-refractivity contribution in [3.63, 3.8) is 0 Å². The van der Waals surface area contributed by atoms with Crippen LogP contribution in [0.2, 0.25) is 0 Å². The summed E-state index contributed by atoms with van der Waals surface area (Å²) in [6.45, 7) is 3.21. The van der Waals surface area contributed by atoms with Crippen LogP contribution >= 0.6 is 0 Å². The number of aliphatic imine (C=N–C) groups is 1. The molecule has 1 saturated carbocycles. The van der Waals surface area contributed by atoms with Gasteiger partial charge in [0.25, 0.3) is 5.91 Å². The summed E-state index contributed by atoms with van der Waals surface area (Å²) in [5.74, 6) is -1.42. The van der Waals surface area contributed by atoms with Gasteiger partial charge in [0, 0.05) is 18.2 Å². The van der Waals surface area contributed by atoms with Gasteiger partial charge in [-0.15, -0.1) is 0 Å². The molecule has 0 aromatic heterocycles. The standard InChI is InChI=1S/C29H35FN4O4/c1-18(2)16-23(35)26(36)33-29(14-6-7-15-29)28(38)32-25-27(37)34(3)22-9-5-4-8-21(22)24(31-25)20-12-10-19(17-30)11-13-20/h4-5,8-13,18,23,25,35H,6-7,14-17H2,1-3H3,(H,32,38)(H,33,36)/t23-,25?/m0/s1. The van der Waals surface area contributed by atoms with Gasteiger partial charge in [0.2, 0.25) is 18.0 Å². The molecule has 1 heterocycles. The van der Waals surface area contributed by atoms with E-state index >= 15 is 0 Å². The number of aliphatic hydroxyl groups is 1. The number of fused-ring (bicyclic) bond motifs is 1. The van der Waals surface area contributed by atoms with Gasteiger partial charge in [-0.05, 0) is 36.8 Å². The normalized spacial score (nSPS) is 19.4. The molecule has 202 valence electrons. The molecule has 2 aliphatic rings. The van der Waals surface area contributed by atoms with Gasteiger partial charge in [-0.2, -0.15) is 0 Å². The van der Waals surface area contributed by atoms with E-state index in [1.807, 2.05) is 32.0 Å². The number of benzene rings is 2. The summed E-state index contributed by atoms with van der Waals surface area (Å²) < 4.78 is 13.1. The number of rotatable bonds is 8. The lowest BCUT2D eigenvalue weighted by Crippen LogP contribution is -2.61. The van der Waals surface area contributed by atoms with Gasteiger partial charge in [0.05, 0.1) is 11.4 Å². The van der Waals surface area contributed by atoms with E-state index in [1.165, 1.54) is 4.90 Å². The molecular formula is C29H35FN4O4. The number of hydrogen-bond acceptors (Lipinski definition) is 5. The smallest absolute Gasteiger partial charge is 0.272 e. The van der Waals surface area contributed by atoms with Crippen LogP contribution in [0.25, 0.3) is 0 Å². The minimum Gasteiger partial charge on any atom is -0.383 e. The first-order valence-electron chi connectivity index (χ1n) is 13.1. The molecule has 0 radical (unpaired) electrons. The number of nitrogens with zero attached hydrogens (tertiary/aromatic N) is 2. The zero-order valence-electron chi connectivity index (χ0n) is 22.0. The largest absolute Gasteiger partial charge is 0.383 e. The van der Waals surface area contributed by atoms with E-state index < -0.39 is 42.2 Å². The summed E-state index contributed by atoms with van der Waals surface area (Å²) in [5.41, 5.74) is 1.79. The van der Waals surface area contributed by atoms with Crippen molar-refractivity contribution in [2.24, 2.45) is 10.9 Å². The monoisotopic (exact) mass is 522 g/mol. The summed E-state index contributed by atoms with van der Waals surface area (Å²) in [7, 11) is 1.63. The first-order chi connectivity index (χ1) is 18.1. The van der Waals surface area contributed by atoms with E-state index in [2.05, 4.69) is 10.6 Å². The first kappa shape index (κ1) is 27.4. The van der Waals surface area contributed by atoms with Gasteiger partial charge >= 0.3 is 0 Å². The molecule has 0 bridgehead atoms. The molecule has 2 atom stereocenters. The Kier molecular flexibility index (Phi) is 8.26. The lowest BCUT2D eigenvalue weighted by atomic mass is 9.94. The number of aliphatic hydroxyl groups excluding tert-OH is 1. The maximum Gasteiger partial charge on any atom is 0.272 e. The molecule has 4 rings (SSSR count). The number of anilines is 1. The molecular weight excluding hydrogens is 487 g/mol. The Morgan fingerprint density at radius 2 is 1.79 bits per heavy atom. The van der Waals surface area contributed by atoms with Crippen LogP contribution in [0.1, 0.15) is 62.6 Å². The average Bonchev–Trinajstić information content (AvgIpc) is 3.36. The number of amides is 3. The van der Waals surface area contributed by atoms with Crippen molar-refractivity contribution in [2.45, 2.75) is 70.4 Å². The van der Waals surface area contributed by atoms with Gasteiger partial charge < -0.3 is 20.6 Å². The highest BCUT2D eigenvalue weighted by Crippen LogP contribution is 2.32. The number of nitrogens with one attached hydrogen (secondary N) is 2. The third-order valence-electron chi connectivity index (χ3n) is 7.24. The highest BCUT2D eigenvalue weighted by Gasteiger charge is 2.45. The van der Waals surface area contributed by atoms with Gasteiger partial charge in [0.15, 0.2) is 0 Å². The molecule has 2 aromatic rings. The van der Waals surface area contributed by atoms with Crippen LogP contribution in [-0.2, 0) is 21.1 Å². The summed E-state index contributed by atoms with van der Waals surface area (Å²) in [4.78, 5) is 46.2. The first-order valence-corrected chi connectivity index (χ1v) is 13.1. The molecule has 1 fully saturated rings. The predicted octanol–water partition coefficient (Wildman–Crippen LogP) is 3.25. The predicted molar refractivity (Wildman–Crippen MR) is 143 cm³/mol. The van der Waals surface area contributed by atoms with Crippen molar-refractivity contribution in [3.8, 4) is 0 Å².